The monoisotopic (exact) mass is 1170 g/mol. The summed E-state index contributed by atoms with van der Waals surface area (Å²) in [5.41, 5.74) is 7.56. The summed E-state index contributed by atoms with van der Waals surface area (Å²) < 4.78 is 0. The second-order valence-electron chi connectivity index (χ2n) is 20.7. The van der Waals surface area contributed by atoms with Gasteiger partial charge in [0.2, 0.25) is 59.1 Å². The molecule has 456 valence electrons. The van der Waals surface area contributed by atoms with Crippen LogP contribution in [0.3, 0.4) is 0 Å². The highest BCUT2D eigenvalue weighted by Gasteiger charge is 2.42. The number of nitrogens with two attached hydrogens (primary N) is 1. The SMILES string of the molecule is CC(C)[C@H](NC(=O)[C@H](CC(=O)O)NC(=O)[C@@H](NC(=O)[C@@H]1CCCN1C(=O)[C@@H](NC(=O)[C@@H](N)Cc1ccccc1)C(C)C)[C@@H](C)O)C(=O)NCC(=O)N[C@@H](CO)C(=O)N[C@@H](CCC(=O)O)C(=O)N[C@@H](C)C(=O)N[C@@H](Cc1ccccc1)C(=O)O. The minimum Gasteiger partial charge on any atom is -0.481 e. The quantitative estimate of drug-likeness (QED) is 0.0323. The second kappa shape index (κ2) is 33.4. The summed E-state index contributed by atoms with van der Waals surface area (Å²) >= 11 is 0. The van der Waals surface area contributed by atoms with E-state index in [1.54, 1.807) is 68.4 Å². The first-order chi connectivity index (χ1) is 39.0. The molecular weight excluding hydrogens is 1090 g/mol. The molecule has 29 heteroatoms. The summed E-state index contributed by atoms with van der Waals surface area (Å²) in [4.78, 5) is 171. The smallest absolute Gasteiger partial charge is 0.326 e. The van der Waals surface area contributed by atoms with E-state index in [-0.39, 0.29) is 25.8 Å². The Morgan fingerprint density at radius 2 is 1.10 bits per heavy atom. The lowest BCUT2D eigenvalue weighted by atomic mass is 10.00. The van der Waals surface area contributed by atoms with Gasteiger partial charge in [-0.25, -0.2) is 4.79 Å². The normalized spacial score (nSPS) is 16.6. The van der Waals surface area contributed by atoms with Crippen LogP contribution in [0, 0.1) is 11.8 Å². The van der Waals surface area contributed by atoms with Gasteiger partial charge in [0.15, 0.2) is 0 Å². The molecular formula is C54H77N11O18. The molecule has 0 radical (unpaired) electrons. The van der Waals surface area contributed by atoms with E-state index in [0.29, 0.717) is 12.0 Å². The van der Waals surface area contributed by atoms with Gasteiger partial charge in [0, 0.05) is 19.4 Å². The molecule has 0 aliphatic carbocycles. The van der Waals surface area contributed by atoms with Gasteiger partial charge in [-0.05, 0) is 62.5 Å². The molecule has 2 aromatic rings. The third-order valence-corrected chi connectivity index (χ3v) is 13.2. The fraction of sp³-hybridized carbons (Fsp3) is 0.537. The maximum Gasteiger partial charge on any atom is 0.326 e. The number of carbonyl (C=O) groups is 13. The highest BCUT2D eigenvalue weighted by Crippen LogP contribution is 2.21. The Morgan fingerprint density at radius 3 is 1.63 bits per heavy atom. The molecule has 2 aromatic carbocycles. The standard InChI is InChI=1S/C54H77N11O18/c1-27(2)42(51(79)56-25-39(68)58-37(26-66)49(77)59-34(19-20-40(69)70)47(75)57-29(5)45(73)61-36(54(82)83)23-32-16-11-8-12-17-32)62-48(76)35(24-41(71)72)60-52(80)44(30(6)67)64-50(78)38-18-13-21-65(38)53(81)43(28(3)4)63-46(74)33(55)22-31-14-9-7-10-15-31/h7-12,14-17,27-30,33-38,42-44,66-67H,13,18-26,55H2,1-6H3,(H,56,79)(H,57,75)(H,58,68)(H,59,77)(H,60,80)(H,61,73)(H,62,76)(H,63,74)(H,64,78)(H,69,70)(H,71,72)(H,82,83)/t29-,30+,33-,34-,35-,36-,37-,38-,42-,43-,44-/m0/s1. The number of carbonyl (C=O) groups excluding carboxylic acids is 10. The molecule has 16 N–H and O–H groups in total. The van der Waals surface area contributed by atoms with E-state index in [9.17, 15) is 87.9 Å². The number of aliphatic carboxylic acids is 3. The summed E-state index contributed by atoms with van der Waals surface area (Å²) in [7, 11) is 0. The molecule has 3 rings (SSSR count). The van der Waals surface area contributed by atoms with E-state index in [1.807, 2.05) is 6.07 Å². The van der Waals surface area contributed by atoms with Crippen LogP contribution in [0.25, 0.3) is 0 Å². The molecule has 0 aromatic heterocycles. The first-order valence-electron chi connectivity index (χ1n) is 26.8. The molecule has 1 aliphatic heterocycles. The first kappa shape index (κ1) is 68.7. The number of aliphatic hydroxyl groups excluding tert-OH is 2. The molecule has 0 saturated carbocycles. The Bertz CT molecular complexity index is 2620. The van der Waals surface area contributed by atoms with Gasteiger partial charge < -0.3 is 84.0 Å². The highest BCUT2D eigenvalue weighted by atomic mass is 16.4. The van der Waals surface area contributed by atoms with Crippen molar-refractivity contribution in [2.24, 2.45) is 17.6 Å². The maximum atomic E-state index is 14.0. The van der Waals surface area contributed by atoms with Gasteiger partial charge in [-0.3, -0.25) is 57.5 Å². The second-order valence-corrected chi connectivity index (χ2v) is 20.7. The lowest BCUT2D eigenvalue weighted by Gasteiger charge is -2.32. The Labute approximate surface area is 478 Å². The Morgan fingerprint density at radius 1 is 0.566 bits per heavy atom. The predicted octanol–water partition coefficient (Wildman–Crippen LogP) is -4.09. The number of hydrogen-bond acceptors (Lipinski definition) is 16. The van der Waals surface area contributed by atoms with Gasteiger partial charge in [-0.2, -0.15) is 0 Å². The first-order valence-corrected chi connectivity index (χ1v) is 26.8. The maximum absolute atomic E-state index is 14.0. The molecule has 0 spiro atoms. The van der Waals surface area contributed by atoms with Crippen LogP contribution in [0.4, 0.5) is 0 Å². The molecule has 1 aliphatic rings. The predicted molar refractivity (Wildman–Crippen MR) is 292 cm³/mol. The topological polar surface area (TPSA) is 461 Å². The minimum atomic E-state index is -1.94. The van der Waals surface area contributed by atoms with Crippen LogP contribution in [-0.4, -0.2) is 194 Å². The van der Waals surface area contributed by atoms with Gasteiger partial charge in [0.25, 0.3) is 0 Å². The van der Waals surface area contributed by atoms with Gasteiger partial charge >= 0.3 is 17.9 Å². The fourth-order valence-corrected chi connectivity index (χ4v) is 8.56. The van der Waals surface area contributed by atoms with E-state index < -0.39 is 188 Å². The molecule has 11 atom stereocenters. The summed E-state index contributed by atoms with van der Waals surface area (Å²) in [6.45, 7) is 6.70. The van der Waals surface area contributed by atoms with Gasteiger partial charge in [0.1, 0.15) is 54.4 Å². The van der Waals surface area contributed by atoms with Crippen molar-refractivity contribution in [3.8, 4) is 0 Å². The van der Waals surface area contributed by atoms with E-state index in [4.69, 9.17) is 5.73 Å². The Balaban J connectivity index is 1.64. The molecule has 29 nitrogen and oxygen atoms in total. The van der Waals surface area contributed by atoms with E-state index in [1.165, 1.54) is 25.7 Å². The van der Waals surface area contributed by atoms with Crippen LogP contribution in [0.15, 0.2) is 60.7 Å². The largest absolute Gasteiger partial charge is 0.481 e. The van der Waals surface area contributed by atoms with Crippen molar-refractivity contribution >= 4 is 77.0 Å². The van der Waals surface area contributed by atoms with Crippen molar-refractivity contribution in [2.75, 3.05) is 19.7 Å². The number of nitrogens with one attached hydrogen (secondary N) is 9. The number of nitrogens with zero attached hydrogens (tertiary/aromatic N) is 1. The van der Waals surface area contributed by atoms with Crippen LogP contribution >= 0.6 is 0 Å². The van der Waals surface area contributed by atoms with Crippen LogP contribution in [-0.2, 0) is 75.2 Å². The third-order valence-electron chi connectivity index (χ3n) is 13.2. The number of rotatable bonds is 33. The lowest BCUT2D eigenvalue weighted by Crippen LogP contribution is -2.62. The van der Waals surface area contributed by atoms with Crippen molar-refractivity contribution in [2.45, 2.75) is 153 Å². The van der Waals surface area contributed by atoms with Gasteiger partial charge in [-0.15, -0.1) is 0 Å². The van der Waals surface area contributed by atoms with E-state index in [0.717, 1.165) is 12.5 Å². The molecule has 1 fully saturated rings. The Hall–Kier alpha value is -8.57. The zero-order chi connectivity index (χ0) is 62.2. The highest BCUT2D eigenvalue weighted by molar-refractivity contribution is 5.99. The van der Waals surface area contributed by atoms with Crippen LogP contribution < -0.4 is 53.6 Å². The third kappa shape index (κ3) is 22.4. The van der Waals surface area contributed by atoms with Crippen molar-refractivity contribution in [3.63, 3.8) is 0 Å². The number of likely N-dealkylation sites (tertiary alicyclic amines) is 1. The van der Waals surface area contributed by atoms with Crippen LogP contribution in [0.5, 0.6) is 0 Å². The molecule has 0 bridgehead atoms. The number of aliphatic hydroxyl groups is 2. The number of benzene rings is 2. The summed E-state index contributed by atoms with van der Waals surface area (Å²) in [5, 5.41) is 70.1. The number of hydrogen-bond donors (Lipinski definition) is 15. The fourth-order valence-electron chi connectivity index (χ4n) is 8.56. The van der Waals surface area contributed by atoms with Crippen molar-refractivity contribution in [1.82, 2.24) is 52.8 Å². The van der Waals surface area contributed by atoms with E-state index in [2.05, 4.69) is 47.9 Å². The van der Waals surface area contributed by atoms with Crippen LogP contribution in [0.1, 0.15) is 84.8 Å². The average Bonchev–Trinajstić information content (AvgIpc) is 4.13. The van der Waals surface area contributed by atoms with Crippen molar-refractivity contribution < 1.29 is 87.9 Å². The number of carboxylic acids is 3. The molecule has 10 amide bonds. The molecule has 1 heterocycles. The zero-order valence-corrected chi connectivity index (χ0v) is 46.9. The number of carboxylic acid groups (broad SMARTS) is 3. The van der Waals surface area contributed by atoms with Gasteiger partial charge in [0.05, 0.1) is 31.7 Å². The molecule has 0 unspecified atom stereocenters. The molecule has 1 saturated heterocycles. The lowest BCUT2D eigenvalue weighted by molar-refractivity contribution is -0.144. The van der Waals surface area contributed by atoms with Gasteiger partial charge in [-0.1, -0.05) is 88.4 Å². The zero-order valence-electron chi connectivity index (χ0n) is 46.9. The van der Waals surface area contributed by atoms with Crippen LogP contribution in [0.2, 0.25) is 0 Å². The summed E-state index contributed by atoms with van der Waals surface area (Å²) in [6, 6.07) is 2.40. The minimum absolute atomic E-state index is 0.0933. The summed E-state index contributed by atoms with van der Waals surface area (Å²) in [5.74, 6) is -15.5. The number of amides is 10. The molecule has 83 heavy (non-hydrogen) atoms. The van der Waals surface area contributed by atoms with Crippen molar-refractivity contribution in [3.05, 3.63) is 71.8 Å². The van der Waals surface area contributed by atoms with Crippen molar-refractivity contribution in [1.29, 1.82) is 0 Å². The Kier molecular flexibility index (Phi) is 27.6. The summed E-state index contributed by atoms with van der Waals surface area (Å²) in [6.07, 6.45) is -3.42. The average molecular weight is 1170 g/mol. The van der Waals surface area contributed by atoms with E-state index >= 15 is 0 Å².